The van der Waals surface area contributed by atoms with Crippen LogP contribution in [0.3, 0.4) is 0 Å². The van der Waals surface area contributed by atoms with Gasteiger partial charge in [-0.25, -0.2) is 9.59 Å². The molecule has 2 amide bonds. The van der Waals surface area contributed by atoms with Gasteiger partial charge >= 0.3 is 12.1 Å². The lowest BCUT2D eigenvalue weighted by Crippen LogP contribution is -2.31. The summed E-state index contributed by atoms with van der Waals surface area (Å²) in [6.07, 6.45) is -0.586. The fourth-order valence-electron chi connectivity index (χ4n) is 2.43. The van der Waals surface area contributed by atoms with E-state index in [9.17, 15) is 14.4 Å². The Labute approximate surface area is 170 Å². The van der Waals surface area contributed by atoms with Crippen molar-refractivity contribution in [2.24, 2.45) is 0 Å². The van der Waals surface area contributed by atoms with Gasteiger partial charge in [0.05, 0.1) is 11.6 Å². The van der Waals surface area contributed by atoms with Crippen LogP contribution in [0.2, 0.25) is 0 Å². The van der Waals surface area contributed by atoms with Gasteiger partial charge in [0.15, 0.2) is 6.61 Å². The zero-order valence-corrected chi connectivity index (χ0v) is 17.0. The average molecular weight is 398 g/mol. The molecule has 154 valence electrons. The van der Waals surface area contributed by atoms with Crippen molar-refractivity contribution >= 4 is 23.7 Å². The molecule has 0 bridgehead atoms. The Kier molecular flexibility index (Phi) is 7.36. The molecular formula is C22H26N2O5. The number of carbonyl (C=O) groups excluding carboxylic acids is 3. The lowest BCUT2D eigenvalue weighted by molar-refractivity contribution is -0.124. The van der Waals surface area contributed by atoms with Crippen LogP contribution in [0.1, 0.15) is 49.7 Å². The average Bonchev–Trinajstić information content (AvgIpc) is 2.66. The Morgan fingerprint density at radius 2 is 1.59 bits per heavy atom. The van der Waals surface area contributed by atoms with Crippen LogP contribution in [0.25, 0.3) is 0 Å². The fraction of sp³-hybridized carbons (Fsp3) is 0.318. The maximum Gasteiger partial charge on any atom is 0.412 e. The number of benzene rings is 2. The summed E-state index contributed by atoms with van der Waals surface area (Å²) in [5.74, 6) is -1.02. The Balaban J connectivity index is 1.81. The molecule has 0 aromatic heterocycles. The second-order valence-corrected chi connectivity index (χ2v) is 7.48. The molecule has 7 heteroatoms. The van der Waals surface area contributed by atoms with Crippen LogP contribution < -0.4 is 10.6 Å². The number of hydrogen-bond donors (Lipinski definition) is 2. The number of rotatable bonds is 6. The third-order valence-corrected chi connectivity index (χ3v) is 3.78. The summed E-state index contributed by atoms with van der Waals surface area (Å²) in [6.45, 7) is 6.77. The molecule has 0 aliphatic rings. The summed E-state index contributed by atoms with van der Waals surface area (Å²) < 4.78 is 10.2. The predicted octanol–water partition coefficient (Wildman–Crippen LogP) is 4.07. The van der Waals surface area contributed by atoms with Crippen molar-refractivity contribution in [3.05, 3.63) is 65.7 Å². The first-order chi connectivity index (χ1) is 13.6. The van der Waals surface area contributed by atoms with Crippen molar-refractivity contribution in [3.63, 3.8) is 0 Å². The molecule has 0 radical (unpaired) electrons. The van der Waals surface area contributed by atoms with Crippen LogP contribution in [-0.4, -0.2) is 30.2 Å². The highest BCUT2D eigenvalue weighted by Gasteiger charge is 2.17. The first-order valence-corrected chi connectivity index (χ1v) is 9.25. The van der Waals surface area contributed by atoms with Crippen LogP contribution >= 0.6 is 0 Å². The zero-order valence-electron chi connectivity index (χ0n) is 17.0. The van der Waals surface area contributed by atoms with Gasteiger partial charge in [0, 0.05) is 5.69 Å². The minimum Gasteiger partial charge on any atom is -0.452 e. The van der Waals surface area contributed by atoms with Crippen LogP contribution in [0.15, 0.2) is 54.6 Å². The summed E-state index contributed by atoms with van der Waals surface area (Å²) in [5.41, 5.74) is 1.10. The van der Waals surface area contributed by atoms with Gasteiger partial charge in [0.1, 0.15) is 5.60 Å². The fourth-order valence-corrected chi connectivity index (χ4v) is 2.43. The monoisotopic (exact) mass is 398 g/mol. The molecule has 0 heterocycles. The molecule has 0 saturated heterocycles. The molecule has 0 fully saturated rings. The van der Waals surface area contributed by atoms with Gasteiger partial charge in [-0.3, -0.25) is 10.1 Å². The number of amides is 2. The SMILES string of the molecule is C[C@@H](NC(=O)COC(=O)c1ccc(NC(=O)OC(C)(C)C)cc1)c1ccccc1. The van der Waals surface area contributed by atoms with Gasteiger partial charge in [-0.05, 0) is 57.5 Å². The number of hydrogen-bond acceptors (Lipinski definition) is 5. The highest BCUT2D eigenvalue weighted by atomic mass is 16.6. The van der Waals surface area contributed by atoms with E-state index in [0.29, 0.717) is 5.69 Å². The van der Waals surface area contributed by atoms with Gasteiger partial charge in [0.25, 0.3) is 5.91 Å². The third kappa shape index (κ3) is 7.65. The first kappa shape index (κ1) is 21.9. The lowest BCUT2D eigenvalue weighted by Gasteiger charge is -2.19. The summed E-state index contributed by atoms with van der Waals surface area (Å²) in [4.78, 5) is 35.9. The molecule has 2 rings (SSSR count). The van der Waals surface area contributed by atoms with Gasteiger partial charge in [-0.15, -0.1) is 0 Å². The van der Waals surface area contributed by atoms with E-state index in [2.05, 4.69) is 10.6 Å². The van der Waals surface area contributed by atoms with Crippen molar-refractivity contribution in [2.45, 2.75) is 39.3 Å². The van der Waals surface area contributed by atoms with E-state index in [1.54, 1.807) is 32.9 Å². The molecule has 0 aliphatic heterocycles. The van der Waals surface area contributed by atoms with Crippen molar-refractivity contribution in [3.8, 4) is 0 Å². The van der Waals surface area contributed by atoms with Crippen molar-refractivity contribution in [1.29, 1.82) is 0 Å². The van der Waals surface area contributed by atoms with E-state index in [1.807, 2.05) is 37.3 Å². The first-order valence-electron chi connectivity index (χ1n) is 9.25. The second kappa shape index (κ2) is 9.73. The van der Waals surface area contributed by atoms with E-state index in [4.69, 9.17) is 9.47 Å². The molecule has 0 saturated carbocycles. The predicted molar refractivity (Wildman–Crippen MR) is 110 cm³/mol. The smallest absolute Gasteiger partial charge is 0.412 e. The maximum atomic E-state index is 12.1. The molecule has 2 aromatic rings. The number of esters is 1. The highest BCUT2D eigenvalue weighted by molar-refractivity contribution is 5.92. The van der Waals surface area contributed by atoms with E-state index in [-0.39, 0.29) is 18.2 Å². The molecule has 0 aliphatic carbocycles. The second-order valence-electron chi connectivity index (χ2n) is 7.48. The van der Waals surface area contributed by atoms with Crippen molar-refractivity contribution in [2.75, 3.05) is 11.9 Å². The summed E-state index contributed by atoms with van der Waals surface area (Å²) in [7, 11) is 0. The van der Waals surface area contributed by atoms with E-state index in [0.717, 1.165) is 5.56 Å². The lowest BCUT2D eigenvalue weighted by atomic mass is 10.1. The number of ether oxygens (including phenoxy) is 2. The summed E-state index contributed by atoms with van der Waals surface area (Å²) in [5, 5.41) is 5.35. The summed E-state index contributed by atoms with van der Waals surface area (Å²) in [6, 6.07) is 15.4. The topological polar surface area (TPSA) is 93.7 Å². The van der Waals surface area contributed by atoms with Crippen molar-refractivity contribution in [1.82, 2.24) is 5.32 Å². The van der Waals surface area contributed by atoms with E-state index < -0.39 is 23.6 Å². The van der Waals surface area contributed by atoms with Gasteiger partial charge in [-0.2, -0.15) is 0 Å². The van der Waals surface area contributed by atoms with Crippen LogP contribution in [0.5, 0.6) is 0 Å². The Morgan fingerprint density at radius 3 is 2.17 bits per heavy atom. The normalized spacial score (nSPS) is 11.9. The number of nitrogens with one attached hydrogen (secondary N) is 2. The van der Waals surface area contributed by atoms with Gasteiger partial charge in [0.2, 0.25) is 0 Å². The highest BCUT2D eigenvalue weighted by Crippen LogP contribution is 2.14. The Morgan fingerprint density at radius 1 is 0.966 bits per heavy atom. The van der Waals surface area contributed by atoms with Gasteiger partial charge < -0.3 is 14.8 Å². The summed E-state index contributed by atoms with van der Waals surface area (Å²) >= 11 is 0. The Hall–Kier alpha value is -3.35. The van der Waals surface area contributed by atoms with Crippen molar-refractivity contribution < 1.29 is 23.9 Å². The molecule has 29 heavy (non-hydrogen) atoms. The van der Waals surface area contributed by atoms with Crippen LogP contribution in [-0.2, 0) is 14.3 Å². The minimum atomic E-state index is -0.628. The minimum absolute atomic E-state index is 0.194. The molecular weight excluding hydrogens is 372 g/mol. The molecule has 2 N–H and O–H groups in total. The van der Waals surface area contributed by atoms with Crippen LogP contribution in [0.4, 0.5) is 10.5 Å². The number of carbonyl (C=O) groups is 3. The molecule has 0 unspecified atom stereocenters. The quantitative estimate of drug-likeness (QED) is 0.716. The molecule has 7 nitrogen and oxygen atoms in total. The largest absolute Gasteiger partial charge is 0.452 e. The van der Waals surface area contributed by atoms with E-state index in [1.165, 1.54) is 12.1 Å². The van der Waals surface area contributed by atoms with Crippen LogP contribution in [0, 0.1) is 0 Å². The van der Waals surface area contributed by atoms with Gasteiger partial charge in [-0.1, -0.05) is 30.3 Å². The number of anilines is 1. The molecule has 2 aromatic carbocycles. The Bertz CT molecular complexity index is 842. The van der Waals surface area contributed by atoms with E-state index >= 15 is 0 Å². The molecule has 1 atom stereocenters. The molecule has 0 spiro atoms. The third-order valence-electron chi connectivity index (χ3n) is 3.78. The maximum absolute atomic E-state index is 12.1. The zero-order chi connectivity index (χ0) is 21.4. The standard InChI is InChI=1S/C22H26N2O5/c1-15(16-8-6-5-7-9-16)23-19(25)14-28-20(26)17-10-12-18(13-11-17)24-21(27)29-22(2,3)4/h5-13,15H,14H2,1-4H3,(H,23,25)(H,24,27)/t15-/m1/s1.